The molecular formula is C22H26BrClF2N2O3. The van der Waals surface area contributed by atoms with E-state index in [1.54, 1.807) is 0 Å². The van der Waals surface area contributed by atoms with Crippen molar-refractivity contribution in [2.45, 2.75) is 13.0 Å². The van der Waals surface area contributed by atoms with Crippen LogP contribution in [0.25, 0.3) is 0 Å². The number of hydrogen-bond donors (Lipinski definition) is 1. The normalized spacial score (nSPS) is 15.9. The zero-order valence-corrected chi connectivity index (χ0v) is 19.6. The first-order valence-electron chi connectivity index (χ1n) is 10.1. The fraction of sp³-hybridized carbons (Fsp3) is 0.455. The summed E-state index contributed by atoms with van der Waals surface area (Å²) in [6, 6.07) is 8.18. The van der Waals surface area contributed by atoms with Crippen molar-refractivity contribution in [1.82, 2.24) is 4.90 Å². The maximum absolute atomic E-state index is 13.7. The summed E-state index contributed by atoms with van der Waals surface area (Å²) in [5.74, 6) is -1.99. The van der Waals surface area contributed by atoms with Gasteiger partial charge in [0.25, 0.3) is 0 Å². The highest BCUT2D eigenvalue weighted by molar-refractivity contribution is 9.10. The molecule has 5 nitrogen and oxygen atoms in total. The van der Waals surface area contributed by atoms with Crippen molar-refractivity contribution in [2.24, 2.45) is 0 Å². The van der Waals surface area contributed by atoms with Crippen molar-refractivity contribution >= 4 is 33.2 Å². The lowest BCUT2D eigenvalue weighted by Crippen LogP contribution is -2.49. The summed E-state index contributed by atoms with van der Waals surface area (Å²) in [5, 5.41) is 11.0. The van der Waals surface area contributed by atoms with Crippen LogP contribution >= 0.6 is 27.5 Å². The van der Waals surface area contributed by atoms with E-state index in [-0.39, 0.29) is 19.8 Å². The molecule has 31 heavy (non-hydrogen) atoms. The Balaban J connectivity index is 1.34. The van der Waals surface area contributed by atoms with Crippen LogP contribution in [0.3, 0.4) is 0 Å². The number of halogens is 4. The van der Waals surface area contributed by atoms with E-state index in [0.717, 1.165) is 49.0 Å². The molecule has 1 saturated heterocycles. The summed E-state index contributed by atoms with van der Waals surface area (Å²) < 4.78 is 38.2. The van der Waals surface area contributed by atoms with E-state index in [1.807, 2.05) is 18.2 Å². The molecule has 2 aromatic carbocycles. The second kappa shape index (κ2) is 11.4. The van der Waals surface area contributed by atoms with Crippen LogP contribution in [0.2, 0.25) is 5.02 Å². The average molecular weight is 520 g/mol. The lowest BCUT2D eigenvalue weighted by atomic mass is 10.1. The maximum atomic E-state index is 13.7. The van der Waals surface area contributed by atoms with Gasteiger partial charge in [0.1, 0.15) is 6.61 Å². The number of benzene rings is 2. The molecule has 0 spiro atoms. The van der Waals surface area contributed by atoms with Crippen molar-refractivity contribution in [2.75, 3.05) is 57.4 Å². The van der Waals surface area contributed by atoms with Gasteiger partial charge in [0.05, 0.1) is 19.3 Å². The number of aliphatic hydroxyl groups is 1. The van der Waals surface area contributed by atoms with Crippen molar-refractivity contribution < 1.29 is 23.4 Å². The Bertz CT molecular complexity index is 859. The molecule has 2 aromatic rings. The van der Waals surface area contributed by atoms with E-state index < -0.39 is 23.5 Å². The summed E-state index contributed by atoms with van der Waals surface area (Å²) in [6.45, 7) is 6.17. The van der Waals surface area contributed by atoms with Gasteiger partial charge in [0.15, 0.2) is 17.4 Å². The summed E-state index contributed by atoms with van der Waals surface area (Å²) in [7, 11) is 0. The number of β-amino-alcohol motifs (C(OH)–C–C–N with tert-alkyl or cyclic N) is 1. The van der Waals surface area contributed by atoms with Gasteiger partial charge in [-0.25, -0.2) is 8.78 Å². The van der Waals surface area contributed by atoms with Crippen LogP contribution in [0.1, 0.15) is 5.56 Å². The molecule has 1 heterocycles. The van der Waals surface area contributed by atoms with E-state index in [0.29, 0.717) is 11.0 Å². The summed E-state index contributed by atoms with van der Waals surface area (Å²) >= 11 is 9.15. The SMILES string of the molecule is Cc1ccc(Cl)cc1N1CCN(CC(O)COCCOc2c(F)cc(Br)cc2F)CC1. The second-order valence-electron chi connectivity index (χ2n) is 7.49. The number of rotatable bonds is 9. The zero-order chi connectivity index (χ0) is 22.4. The molecule has 0 aliphatic carbocycles. The average Bonchev–Trinajstić information content (AvgIpc) is 2.72. The van der Waals surface area contributed by atoms with E-state index in [2.05, 4.69) is 32.7 Å². The molecule has 1 aliphatic heterocycles. The third-order valence-electron chi connectivity index (χ3n) is 5.10. The van der Waals surface area contributed by atoms with Gasteiger partial charge in [0, 0.05) is 47.9 Å². The lowest BCUT2D eigenvalue weighted by molar-refractivity contribution is 0.00655. The molecule has 0 amide bonds. The lowest BCUT2D eigenvalue weighted by Gasteiger charge is -2.37. The van der Waals surface area contributed by atoms with Crippen LogP contribution in [0.4, 0.5) is 14.5 Å². The van der Waals surface area contributed by atoms with Crippen LogP contribution < -0.4 is 9.64 Å². The van der Waals surface area contributed by atoms with Crippen molar-refractivity contribution in [3.05, 3.63) is 57.0 Å². The van der Waals surface area contributed by atoms with Gasteiger partial charge in [-0.15, -0.1) is 0 Å². The van der Waals surface area contributed by atoms with Gasteiger partial charge < -0.3 is 19.5 Å². The standard InChI is InChI=1S/C22H26BrClF2N2O3/c1-15-2-3-17(24)12-21(15)28-6-4-27(5-7-28)13-18(29)14-30-8-9-31-22-19(25)10-16(23)11-20(22)26/h2-3,10-12,18,29H,4-9,13-14H2,1H3. The minimum absolute atomic E-state index is 0.0140. The monoisotopic (exact) mass is 518 g/mol. The van der Waals surface area contributed by atoms with E-state index in [9.17, 15) is 13.9 Å². The topological polar surface area (TPSA) is 45.2 Å². The summed E-state index contributed by atoms with van der Waals surface area (Å²) in [5.41, 5.74) is 2.34. The molecule has 0 bridgehead atoms. The number of nitrogens with zero attached hydrogens (tertiary/aromatic N) is 2. The molecule has 1 fully saturated rings. The minimum atomic E-state index is -0.779. The minimum Gasteiger partial charge on any atom is -0.485 e. The van der Waals surface area contributed by atoms with Crippen LogP contribution in [-0.2, 0) is 4.74 Å². The van der Waals surface area contributed by atoms with Gasteiger partial charge in [-0.3, -0.25) is 4.90 Å². The molecular weight excluding hydrogens is 494 g/mol. The van der Waals surface area contributed by atoms with Gasteiger partial charge in [-0.1, -0.05) is 33.6 Å². The van der Waals surface area contributed by atoms with Crippen molar-refractivity contribution in [1.29, 1.82) is 0 Å². The first kappa shape index (κ1) is 24.2. The fourth-order valence-corrected chi connectivity index (χ4v) is 4.10. The molecule has 0 aromatic heterocycles. The van der Waals surface area contributed by atoms with Gasteiger partial charge in [-0.2, -0.15) is 0 Å². The smallest absolute Gasteiger partial charge is 0.190 e. The van der Waals surface area contributed by atoms with Crippen molar-refractivity contribution in [3.8, 4) is 5.75 Å². The largest absolute Gasteiger partial charge is 0.485 e. The third-order valence-corrected chi connectivity index (χ3v) is 5.79. The highest BCUT2D eigenvalue weighted by Gasteiger charge is 2.21. The number of piperazine rings is 1. The molecule has 0 radical (unpaired) electrons. The van der Waals surface area contributed by atoms with E-state index >= 15 is 0 Å². The van der Waals surface area contributed by atoms with Gasteiger partial charge in [-0.05, 0) is 36.8 Å². The number of aryl methyl sites for hydroxylation is 1. The zero-order valence-electron chi connectivity index (χ0n) is 17.3. The Morgan fingerprint density at radius 2 is 1.77 bits per heavy atom. The number of aliphatic hydroxyl groups excluding tert-OH is 1. The molecule has 0 saturated carbocycles. The Labute approximate surface area is 194 Å². The molecule has 3 rings (SSSR count). The number of hydrogen-bond acceptors (Lipinski definition) is 5. The van der Waals surface area contributed by atoms with Crippen LogP contribution in [0, 0.1) is 18.6 Å². The predicted octanol–water partition coefficient (Wildman–Crippen LogP) is 4.27. The van der Waals surface area contributed by atoms with Crippen LogP contribution in [0.5, 0.6) is 5.75 Å². The quantitative estimate of drug-likeness (QED) is 0.502. The van der Waals surface area contributed by atoms with Crippen LogP contribution in [-0.4, -0.2) is 68.7 Å². The van der Waals surface area contributed by atoms with Gasteiger partial charge in [0.2, 0.25) is 0 Å². The predicted molar refractivity (Wildman–Crippen MR) is 121 cm³/mol. The van der Waals surface area contributed by atoms with Crippen LogP contribution in [0.15, 0.2) is 34.8 Å². The molecule has 1 atom stereocenters. The molecule has 1 aliphatic rings. The molecule has 1 N–H and O–H groups in total. The van der Waals surface area contributed by atoms with Gasteiger partial charge >= 0.3 is 0 Å². The summed E-state index contributed by atoms with van der Waals surface area (Å²) in [6.07, 6.45) is -0.652. The van der Waals surface area contributed by atoms with E-state index in [4.69, 9.17) is 21.1 Å². The third kappa shape index (κ3) is 7.02. The number of ether oxygens (including phenoxy) is 2. The Hall–Kier alpha value is -1.45. The Kier molecular flexibility index (Phi) is 8.92. The first-order chi connectivity index (χ1) is 14.8. The van der Waals surface area contributed by atoms with E-state index in [1.165, 1.54) is 5.56 Å². The highest BCUT2D eigenvalue weighted by Crippen LogP contribution is 2.26. The fourth-order valence-electron chi connectivity index (χ4n) is 3.53. The first-order valence-corrected chi connectivity index (χ1v) is 11.3. The molecule has 170 valence electrons. The number of anilines is 1. The molecule has 9 heteroatoms. The maximum Gasteiger partial charge on any atom is 0.190 e. The Morgan fingerprint density at radius 1 is 1.10 bits per heavy atom. The molecule has 1 unspecified atom stereocenters. The second-order valence-corrected chi connectivity index (χ2v) is 8.85. The Morgan fingerprint density at radius 3 is 2.45 bits per heavy atom. The highest BCUT2D eigenvalue weighted by atomic mass is 79.9. The summed E-state index contributed by atoms with van der Waals surface area (Å²) in [4.78, 5) is 4.49. The van der Waals surface area contributed by atoms with Crippen molar-refractivity contribution in [3.63, 3.8) is 0 Å².